The molecule has 348 valence electrons. The van der Waals surface area contributed by atoms with Crippen molar-refractivity contribution in [2.45, 2.75) is 168 Å². The van der Waals surface area contributed by atoms with Crippen molar-refractivity contribution in [1.82, 2.24) is 0 Å². The van der Waals surface area contributed by atoms with Gasteiger partial charge in [-0.25, -0.2) is 0 Å². The van der Waals surface area contributed by atoms with Gasteiger partial charge in [0.25, 0.3) is 0 Å². The molecule has 0 radical (unpaired) electrons. The summed E-state index contributed by atoms with van der Waals surface area (Å²) < 4.78 is 16.7. The standard InChI is InChI=1S/C57H84O6/c1-4-7-10-13-16-19-22-25-27-28-29-30-31-33-35-38-41-44-47-50-56(59)62-53-54(52-61-55(58)49-46-43-40-37-34-24-21-18-15-12-9-6-3)63-57(60)51-48-45-42-39-36-32-26-23-20-17-14-11-8-5-2/h7-13,16-22,25-35,37,54H,4-6,14-15,23-24,36,38-53H2,1-3H3/b10-7-,11-8-,12-9-,16-13-,20-17-,21-18-,22-19-,27-25-,29-28+,31-30-,32-26-,35-33-,37-34-. The second-order valence-electron chi connectivity index (χ2n) is 15.1. The fourth-order valence-electron chi connectivity index (χ4n) is 5.69. The first-order valence-electron chi connectivity index (χ1n) is 24.1. The monoisotopic (exact) mass is 865 g/mol. The van der Waals surface area contributed by atoms with Crippen LogP contribution in [0.15, 0.2) is 158 Å². The van der Waals surface area contributed by atoms with Crippen molar-refractivity contribution in [3.8, 4) is 0 Å². The molecule has 6 heteroatoms. The second-order valence-corrected chi connectivity index (χ2v) is 15.1. The Balaban J connectivity index is 4.61. The number of unbranched alkanes of at least 4 members (excludes halogenated alkanes) is 9. The third-order valence-electron chi connectivity index (χ3n) is 9.20. The number of ether oxygens (including phenoxy) is 3. The summed E-state index contributed by atoms with van der Waals surface area (Å²) in [7, 11) is 0. The Bertz CT molecular complexity index is 1510. The first-order chi connectivity index (χ1) is 31.0. The van der Waals surface area contributed by atoms with Crippen LogP contribution in [0.5, 0.6) is 0 Å². The number of hydrogen-bond donors (Lipinski definition) is 0. The van der Waals surface area contributed by atoms with Crippen LogP contribution in [0, 0.1) is 0 Å². The van der Waals surface area contributed by atoms with Gasteiger partial charge < -0.3 is 14.2 Å². The fraction of sp³-hybridized carbons (Fsp3) is 0.491. The second kappa shape index (κ2) is 49.7. The van der Waals surface area contributed by atoms with Gasteiger partial charge in [-0.1, -0.05) is 198 Å². The molecule has 0 aromatic carbocycles. The molecule has 0 amide bonds. The van der Waals surface area contributed by atoms with Crippen molar-refractivity contribution >= 4 is 17.9 Å². The Morgan fingerprint density at radius 3 is 1.11 bits per heavy atom. The molecule has 0 saturated heterocycles. The van der Waals surface area contributed by atoms with Gasteiger partial charge in [-0.05, 0) is 103 Å². The molecule has 0 bridgehead atoms. The summed E-state index contributed by atoms with van der Waals surface area (Å²) in [6.07, 6.45) is 72.2. The Morgan fingerprint density at radius 1 is 0.333 bits per heavy atom. The predicted octanol–water partition coefficient (Wildman–Crippen LogP) is 15.9. The van der Waals surface area contributed by atoms with Crippen LogP contribution in [0.3, 0.4) is 0 Å². The molecule has 0 aliphatic rings. The van der Waals surface area contributed by atoms with Crippen LogP contribution in [0.25, 0.3) is 0 Å². The van der Waals surface area contributed by atoms with E-state index >= 15 is 0 Å². The molecule has 6 nitrogen and oxygen atoms in total. The van der Waals surface area contributed by atoms with Crippen LogP contribution in [0.1, 0.15) is 162 Å². The van der Waals surface area contributed by atoms with Crippen LogP contribution in [0.4, 0.5) is 0 Å². The highest BCUT2D eigenvalue weighted by molar-refractivity contribution is 5.71. The van der Waals surface area contributed by atoms with E-state index in [1.807, 2.05) is 72.9 Å². The number of rotatable bonds is 40. The van der Waals surface area contributed by atoms with E-state index in [1.54, 1.807) is 0 Å². The first-order valence-corrected chi connectivity index (χ1v) is 24.1. The summed E-state index contributed by atoms with van der Waals surface area (Å²) in [5, 5.41) is 0. The van der Waals surface area contributed by atoms with Gasteiger partial charge in [-0.2, -0.15) is 0 Å². The van der Waals surface area contributed by atoms with E-state index in [0.717, 1.165) is 109 Å². The molecule has 0 fully saturated rings. The van der Waals surface area contributed by atoms with E-state index in [0.29, 0.717) is 12.8 Å². The van der Waals surface area contributed by atoms with Crippen molar-refractivity contribution in [2.75, 3.05) is 13.2 Å². The number of hydrogen-bond acceptors (Lipinski definition) is 6. The number of esters is 3. The number of carbonyl (C=O) groups is 3. The van der Waals surface area contributed by atoms with Gasteiger partial charge in [0.2, 0.25) is 0 Å². The quantitative estimate of drug-likeness (QED) is 0.0201. The van der Waals surface area contributed by atoms with Gasteiger partial charge in [-0.3, -0.25) is 14.4 Å². The molecule has 0 aliphatic heterocycles. The Hall–Kier alpha value is -4.97. The van der Waals surface area contributed by atoms with Gasteiger partial charge in [0.1, 0.15) is 13.2 Å². The number of allylic oxidation sites excluding steroid dienone is 26. The van der Waals surface area contributed by atoms with Crippen molar-refractivity contribution in [1.29, 1.82) is 0 Å². The van der Waals surface area contributed by atoms with E-state index in [-0.39, 0.29) is 50.4 Å². The largest absolute Gasteiger partial charge is 0.462 e. The van der Waals surface area contributed by atoms with Gasteiger partial charge in [-0.15, -0.1) is 0 Å². The lowest BCUT2D eigenvalue weighted by Gasteiger charge is -2.18. The van der Waals surface area contributed by atoms with Crippen molar-refractivity contribution in [3.63, 3.8) is 0 Å². The van der Waals surface area contributed by atoms with Gasteiger partial charge in [0.05, 0.1) is 0 Å². The van der Waals surface area contributed by atoms with E-state index in [1.165, 1.54) is 0 Å². The Labute approximate surface area is 384 Å². The van der Waals surface area contributed by atoms with Gasteiger partial charge in [0.15, 0.2) is 6.10 Å². The lowest BCUT2D eigenvalue weighted by Crippen LogP contribution is -2.30. The zero-order chi connectivity index (χ0) is 45.8. The summed E-state index contributed by atoms with van der Waals surface area (Å²) in [5.74, 6) is -1.05. The Kier molecular flexibility index (Phi) is 45.8. The van der Waals surface area contributed by atoms with E-state index in [9.17, 15) is 14.4 Å². The van der Waals surface area contributed by atoms with Crippen LogP contribution >= 0.6 is 0 Å². The van der Waals surface area contributed by atoms with Gasteiger partial charge >= 0.3 is 17.9 Å². The molecule has 0 N–H and O–H groups in total. The van der Waals surface area contributed by atoms with Crippen molar-refractivity contribution < 1.29 is 28.6 Å². The molecular weight excluding hydrogens is 781 g/mol. The highest BCUT2D eigenvalue weighted by Gasteiger charge is 2.19. The molecule has 0 aromatic rings. The maximum atomic E-state index is 12.8. The minimum atomic E-state index is -0.831. The number of carbonyl (C=O) groups excluding carboxylic acids is 3. The SMILES string of the molecule is CC\C=C/C=C\C=C/C=C\C=C\C=C/C=C\CCCCCC(=O)OCC(COC(=O)CCCC/C=C\C/C=C\C/C=C\CC)OC(=O)CCCCCC/C=C\C/C=C\C/C=C\CC. The molecular formula is C57H84O6. The molecule has 1 unspecified atom stereocenters. The summed E-state index contributed by atoms with van der Waals surface area (Å²) in [4.78, 5) is 37.9. The predicted molar refractivity (Wildman–Crippen MR) is 269 cm³/mol. The summed E-state index contributed by atoms with van der Waals surface area (Å²) in [6, 6.07) is 0. The smallest absolute Gasteiger partial charge is 0.306 e. The lowest BCUT2D eigenvalue weighted by atomic mass is 10.1. The molecule has 0 spiro atoms. The molecule has 0 saturated carbocycles. The van der Waals surface area contributed by atoms with Crippen LogP contribution in [-0.2, 0) is 28.6 Å². The average molecular weight is 865 g/mol. The van der Waals surface area contributed by atoms with Crippen molar-refractivity contribution in [2.24, 2.45) is 0 Å². The minimum absolute atomic E-state index is 0.131. The molecule has 0 aromatic heterocycles. The lowest BCUT2D eigenvalue weighted by molar-refractivity contribution is -0.167. The maximum absolute atomic E-state index is 12.8. The average Bonchev–Trinajstić information content (AvgIpc) is 3.28. The zero-order valence-corrected chi connectivity index (χ0v) is 39.5. The van der Waals surface area contributed by atoms with Crippen molar-refractivity contribution in [3.05, 3.63) is 158 Å². The normalized spacial score (nSPS) is 13.5. The van der Waals surface area contributed by atoms with Gasteiger partial charge in [0, 0.05) is 19.3 Å². The third kappa shape index (κ3) is 47.9. The maximum Gasteiger partial charge on any atom is 0.306 e. The van der Waals surface area contributed by atoms with Crippen LogP contribution in [-0.4, -0.2) is 37.2 Å². The molecule has 63 heavy (non-hydrogen) atoms. The van der Waals surface area contributed by atoms with Crippen LogP contribution < -0.4 is 0 Å². The molecule has 0 rings (SSSR count). The first kappa shape index (κ1) is 58.0. The fourth-order valence-corrected chi connectivity index (χ4v) is 5.69. The zero-order valence-electron chi connectivity index (χ0n) is 39.5. The third-order valence-corrected chi connectivity index (χ3v) is 9.20. The van der Waals surface area contributed by atoms with E-state index in [2.05, 4.69) is 106 Å². The summed E-state index contributed by atoms with van der Waals surface area (Å²) in [5.41, 5.74) is 0. The van der Waals surface area contributed by atoms with E-state index < -0.39 is 6.10 Å². The molecule has 0 aliphatic carbocycles. The Morgan fingerprint density at radius 2 is 0.651 bits per heavy atom. The van der Waals surface area contributed by atoms with Crippen LogP contribution in [0.2, 0.25) is 0 Å². The highest BCUT2D eigenvalue weighted by Crippen LogP contribution is 2.11. The molecule has 1 atom stereocenters. The highest BCUT2D eigenvalue weighted by atomic mass is 16.6. The minimum Gasteiger partial charge on any atom is -0.462 e. The summed E-state index contributed by atoms with van der Waals surface area (Å²) in [6.45, 7) is 6.12. The molecule has 0 heterocycles. The summed E-state index contributed by atoms with van der Waals surface area (Å²) >= 11 is 0. The topological polar surface area (TPSA) is 78.9 Å². The van der Waals surface area contributed by atoms with E-state index in [4.69, 9.17) is 14.2 Å².